The number of halogens is 2. The summed E-state index contributed by atoms with van der Waals surface area (Å²) in [6.45, 7) is 4.22. The van der Waals surface area contributed by atoms with Crippen molar-refractivity contribution >= 4 is 43.2 Å². The zero-order chi connectivity index (χ0) is 20.2. The number of nitro groups is 1. The smallest absolute Gasteiger partial charge is 0.258 e. The molecule has 146 valence electrons. The maximum Gasteiger partial charge on any atom is 0.289 e. The molecule has 27 heavy (non-hydrogen) atoms. The number of nitro benzene ring substituents is 1. The van der Waals surface area contributed by atoms with Crippen LogP contribution in [0.2, 0.25) is 5.02 Å². The largest absolute Gasteiger partial charge is 0.289 e. The van der Waals surface area contributed by atoms with Crippen LogP contribution in [0.3, 0.4) is 0 Å². The zero-order valence-electron chi connectivity index (χ0n) is 14.9. The molecule has 0 aromatic heterocycles. The number of rotatable bonds is 8. The first-order valence-electron chi connectivity index (χ1n) is 8.36. The van der Waals surface area contributed by atoms with Gasteiger partial charge in [0.25, 0.3) is 5.69 Å². The highest BCUT2D eigenvalue weighted by molar-refractivity contribution is 9.10. The Labute approximate surface area is 172 Å². The van der Waals surface area contributed by atoms with Crippen LogP contribution < -0.4 is 0 Å². The van der Waals surface area contributed by atoms with Crippen LogP contribution in [-0.2, 0) is 10.0 Å². The van der Waals surface area contributed by atoms with Crippen LogP contribution in [-0.4, -0.2) is 30.7 Å². The van der Waals surface area contributed by atoms with E-state index in [0.29, 0.717) is 11.4 Å². The van der Waals surface area contributed by atoms with Crippen LogP contribution in [0, 0.1) is 10.1 Å². The van der Waals surface area contributed by atoms with E-state index in [2.05, 4.69) is 15.9 Å². The highest BCUT2D eigenvalue weighted by Crippen LogP contribution is 2.30. The molecule has 0 N–H and O–H groups in total. The molecule has 0 heterocycles. The van der Waals surface area contributed by atoms with Gasteiger partial charge in [-0.3, -0.25) is 10.1 Å². The summed E-state index contributed by atoms with van der Waals surface area (Å²) in [5.41, 5.74) is 0.463. The van der Waals surface area contributed by atoms with Crippen molar-refractivity contribution in [3.8, 4) is 0 Å². The fraction of sp³-hybridized carbons (Fsp3) is 0.333. The van der Waals surface area contributed by atoms with Crippen molar-refractivity contribution in [2.75, 3.05) is 13.1 Å². The molecule has 0 saturated carbocycles. The lowest BCUT2D eigenvalue weighted by Gasteiger charge is -2.25. The highest BCUT2D eigenvalue weighted by atomic mass is 79.9. The van der Waals surface area contributed by atoms with Crippen LogP contribution in [0.25, 0.3) is 0 Å². The van der Waals surface area contributed by atoms with E-state index in [0.717, 1.165) is 10.0 Å². The molecule has 0 amide bonds. The van der Waals surface area contributed by atoms with Gasteiger partial charge in [0, 0.05) is 28.7 Å². The van der Waals surface area contributed by atoms with Gasteiger partial charge in [-0.1, -0.05) is 53.5 Å². The topological polar surface area (TPSA) is 80.5 Å². The lowest BCUT2D eigenvalue weighted by Crippen LogP contribution is -2.35. The maximum absolute atomic E-state index is 13.1. The first kappa shape index (κ1) is 21.8. The molecule has 0 unspecified atom stereocenters. The quantitative estimate of drug-likeness (QED) is 0.387. The van der Waals surface area contributed by atoms with Crippen LogP contribution in [0.5, 0.6) is 0 Å². The van der Waals surface area contributed by atoms with Crippen molar-refractivity contribution in [2.45, 2.75) is 31.1 Å². The van der Waals surface area contributed by atoms with Gasteiger partial charge < -0.3 is 0 Å². The Morgan fingerprint density at radius 3 is 2.52 bits per heavy atom. The number of para-hydroxylation sites is 1. The van der Waals surface area contributed by atoms with Crippen LogP contribution in [0.15, 0.2) is 51.8 Å². The van der Waals surface area contributed by atoms with Gasteiger partial charge in [0.05, 0.1) is 4.92 Å². The minimum Gasteiger partial charge on any atom is -0.258 e. The van der Waals surface area contributed by atoms with Crippen molar-refractivity contribution < 1.29 is 13.3 Å². The lowest BCUT2D eigenvalue weighted by molar-refractivity contribution is -0.387. The van der Waals surface area contributed by atoms with Gasteiger partial charge in [-0.25, -0.2) is 8.42 Å². The van der Waals surface area contributed by atoms with Gasteiger partial charge in [0.15, 0.2) is 4.90 Å². The molecule has 0 aliphatic rings. The number of benzene rings is 2. The molecular formula is C18H20BrClN2O4S. The molecule has 0 bridgehead atoms. The normalized spacial score (nSPS) is 12.9. The number of hydrogen-bond donors (Lipinski definition) is 0. The summed E-state index contributed by atoms with van der Waals surface area (Å²) in [5.74, 6) is -0.149. The average Bonchev–Trinajstić information content (AvgIpc) is 2.60. The molecule has 2 rings (SSSR count). The Bertz CT molecular complexity index is 916. The molecule has 0 aliphatic carbocycles. The van der Waals surface area contributed by atoms with Gasteiger partial charge in [0.1, 0.15) is 0 Å². The van der Waals surface area contributed by atoms with Crippen LogP contribution in [0.1, 0.15) is 31.7 Å². The van der Waals surface area contributed by atoms with E-state index in [1.165, 1.54) is 28.6 Å². The average molecular weight is 476 g/mol. The Balaban J connectivity index is 2.40. The van der Waals surface area contributed by atoms with Crippen LogP contribution in [0.4, 0.5) is 5.69 Å². The summed E-state index contributed by atoms with van der Waals surface area (Å²) in [6, 6.07) is 10.9. The highest BCUT2D eigenvalue weighted by Gasteiger charge is 2.32. The molecule has 6 nitrogen and oxygen atoms in total. The first-order valence-corrected chi connectivity index (χ1v) is 11.0. The van der Waals surface area contributed by atoms with Crippen molar-refractivity contribution in [3.05, 3.63) is 67.6 Å². The van der Waals surface area contributed by atoms with Crippen molar-refractivity contribution in [1.82, 2.24) is 4.31 Å². The maximum atomic E-state index is 13.1. The fourth-order valence-electron chi connectivity index (χ4n) is 2.79. The second-order valence-corrected chi connectivity index (χ2v) is 9.45. The Morgan fingerprint density at radius 1 is 1.26 bits per heavy atom. The molecule has 0 radical (unpaired) electrons. The molecule has 9 heteroatoms. The Kier molecular flexibility index (Phi) is 7.39. The predicted molar refractivity (Wildman–Crippen MR) is 110 cm³/mol. The summed E-state index contributed by atoms with van der Waals surface area (Å²) in [4.78, 5) is 10.3. The van der Waals surface area contributed by atoms with Crippen molar-refractivity contribution in [1.29, 1.82) is 0 Å². The number of hydrogen-bond acceptors (Lipinski definition) is 4. The SMILES string of the molecule is CCCN(C[C@H](C)c1cc(Cl)cc(Br)c1)S(=O)(=O)c1ccccc1[N+](=O)[O-]. The summed E-state index contributed by atoms with van der Waals surface area (Å²) in [5, 5.41) is 11.8. The summed E-state index contributed by atoms with van der Waals surface area (Å²) in [7, 11) is -4.02. The van der Waals surface area contributed by atoms with E-state index >= 15 is 0 Å². The van der Waals surface area contributed by atoms with Gasteiger partial charge >= 0.3 is 0 Å². The van der Waals surface area contributed by atoms with Crippen LogP contribution >= 0.6 is 27.5 Å². The Morgan fingerprint density at radius 2 is 1.93 bits per heavy atom. The third-order valence-corrected chi connectivity index (χ3v) is 6.67. The molecule has 0 aliphatic heterocycles. The van der Waals surface area contributed by atoms with E-state index in [9.17, 15) is 18.5 Å². The van der Waals surface area contributed by atoms with E-state index in [4.69, 9.17) is 11.6 Å². The summed E-state index contributed by atoms with van der Waals surface area (Å²) < 4.78 is 28.4. The van der Waals surface area contributed by atoms with Crippen molar-refractivity contribution in [3.63, 3.8) is 0 Å². The van der Waals surface area contributed by atoms with E-state index < -0.39 is 20.6 Å². The second kappa shape index (κ2) is 9.14. The zero-order valence-corrected chi connectivity index (χ0v) is 18.1. The molecule has 1 atom stereocenters. The number of nitrogens with zero attached hydrogens (tertiary/aromatic N) is 2. The standard InChI is InChI=1S/C18H20BrClN2O4S/c1-3-8-21(12-13(2)14-9-15(19)11-16(20)10-14)27(25,26)18-7-5-4-6-17(18)22(23)24/h4-7,9-11,13H,3,8,12H2,1-2H3/t13-/m0/s1. The molecule has 0 fully saturated rings. The third kappa shape index (κ3) is 5.28. The summed E-state index contributed by atoms with van der Waals surface area (Å²) >= 11 is 9.49. The lowest BCUT2D eigenvalue weighted by atomic mass is 10.0. The second-order valence-electron chi connectivity index (χ2n) is 6.19. The molecule has 2 aromatic carbocycles. The minimum atomic E-state index is -4.02. The fourth-order valence-corrected chi connectivity index (χ4v) is 5.46. The molecule has 2 aromatic rings. The monoisotopic (exact) mass is 474 g/mol. The van der Waals surface area contributed by atoms with E-state index in [1.807, 2.05) is 19.9 Å². The summed E-state index contributed by atoms with van der Waals surface area (Å²) in [6.07, 6.45) is 0.589. The minimum absolute atomic E-state index is 0.149. The first-order chi connectivity index (χ1) is 12.7. The third-order valence-electron chi connectivity index (χ3n) is 4.08. The van der Waals surface area contributed by atoms with E-state index in [1.54, 1.807) is 12.1 Å². The van der Waals surface area contributed by atoms with Gasteiger partial charge in [0.2, 0.25) is 10.0 Å². The molecule has 0 spiro atoms. The molecule has 0 saturated heterocycles. The van der Waals surface area contributed by atoms with Crippen molar-refractivity contribution in [2.24, 2.45) is 0 Å². The van der Waals surface area contributed by atoms with E-state index in [-0.39, 0.29) is 23.9 Å². The van der Waals surface area contributed by atoms with Gasteiger partial charge in [-0.05, 0) is 42.2 Å². The van der Waals surface area contributed by atoms with Gasteiger partial charge in [-0.2, -0.15) is 4.31 Å². The predicted octanol–water partition coefficient (Wildman–Crippen LogP) is 5.22. The molecular weight excluding hydrogens is 456 g/mol. The Hall–Kier alpha value is -1.48. The number of sulfonamides is 1. The van der Waals surface area contributed by atoms with Gasteiger partial charge in [-0.15, -0.1) is 0 Å².